The number of nitrogens with one attached hydrogen (secondary N) is 2. The van der Waals surface area contributed by atoms with Gasteiger partial charge in [0, 0.05) is 12.6 Å². The molecule has 34 heavy (non-hydrogen) atoms. The third-order valence-corrected chi connectivity index (χ3v) is 6.07. The number of alkyl carbamates (subject to hydrolysis) is 1. The largest absolute Gasteiger partial charge is 0.445 e. The number of ether oxygens (including phenoxy) is 1. The molecule has 0 spiro atoms. The van der Waals surface area contributed by atoms with Crippen LogP contribution in [0.2, 0.25) is 0 Å². The summed E-state index contributed by atoms with van der Waals surface area (Å²) >= 11 is 0. The second-order valence-corrected chi connectivity index (χ2v) is 8.63. The number of nitrogens with zero attached hydrogens (tertiary/aromatic N) is 1. The van der Waals surface area contributed by atoms with Gasteiger partial charge in [-0.3, -0.25) is 9.59 Å². The van der Waals surface area contributed by atoms with Crippen LogP contribution >= 0.6 is 0 Å². The molecule has 0 radical (unpaired) electrons. The topological polar surface area (TPSA) is 87.7 Å². The Hall–Kier alpha value is -3.68. The molecule has 1 heterocycles. The fraction of sp³-hybridized carbons (Fsp3) is 0.346. The number of hydrogen-bond acceptors (Lipinski definition) is 4. The molecule has 0 aromatic heterocycles. The van der Waals surface area contributed by atoms with Crippen LogP contribution < -0.4 is 10.6 Å². The summed E-state index contributed by atoms with van der Waals surface area (Å²) in [5.74, 6) is -0.842. The summed E-state index contributed by atoms with van der Waals surface area (Å²) in [5.41, 5.74) is 2.55. The average molecular weight is 466 g/mol. The fourth-order valence-corrected chi connectivity index (χ4v) is 4.30. The number of halogens is 1. The highest BCUT2D eigenvalue weighted by atomic mass is 19.1. The van der Waals surface area contributed by atoms with Crippen molar-refractivity contribution in [1.82, 2.24) is 15.5 Å². The normalized spacial score (nSPS) is 21.8. The predicted molar refractivity (Wildman–Crippen MR) is 124 cm³/mol. The van der Waals surface area contributed by atoms with Crippen LogP contribution in [0.3, 0.4) is 0 Å². The van der Waals surface area contributed by atoms with Gasteiger partial charge in [-0.1, -0.05) is 48.9 Å². The Morgan fingerprint density at radius 1 is 1.09 bits per heavy atom. The molecular weight excluding hydrogens is 437 g/mol. The third-order valence-electron chi connectivity index (χ3n) is 6.07. The average Bonchev–Trinajstić information content (AvgIpc) is 2.84. The van der Waals surface area contributed by atoms with Crippen molar-refractivity contribution in [3.63, 3.8) is 0 Å². The first-order chi connectivity index (χ1) is 16.5. The molecule has 7 nitrogen and oxygen atoms in total. The van der Waals surface area contributed by atoms with Crippen LogP contribution in [0.1, 0.15) is 36.8 Å². The second-order valence-electron chi connectivity index (χ2n) is 8.63. The minimum atomic E-state index is -0.727. The molecule has 1 aliphatic carbocycles. The number of piperazine rings is 1. The van der Waals surface area contributed by atoms with Crippen molar-refractivity contribution in [3.8, 4) is 0 Å². The van der Waals surface area contributed by atoms with Gasteiger partial charge in [0.05, 0.1) is 6.04 Å². The lowest BCUT2D eigenvalue weighted by Gasteiger charge is -2.33. The van der Waals surface area contributed by atoms with Crippen molar-refractivity contribution in [2.75, 3.05) is 6.54 Å². The Labute approximate surface area is 198 Å². The maximum absolute atomic E-state index is 13.2. The first kappa shape index (κ1) is 23.5. The first-order valence-electron chi connectivity index (χ1n) is 11.5. The maximum atomic E-state index is 13.2. The Morgan fingerprint density at radius 3 is 2.62 bits per heavy atom. The smallest absolute Gasteiger partial charge is 0.407 e. The van der Waals surface area contributed by atoms with E-state index in [-0.39, 0.29) is 43.2 Å². The summed E-state index contributed by atoms with van der Waals surface area (Å²) in [4.78, 5) is 39.2. The van der Waals surface area contributed by atoms with E-state index in [4.69, 9.17) is 4.74 Å². The van der Waals surface area contributed by atoms with E-state index >= 15 is 0 Å². The van der Waals surface area contributed by atoms with E-state index in [0.29, 0.717) is 0 Å². The van der Waals surface area contributed by atoms with Gasteiger partial charge in [0.15, 0.2) is 0 Å². The molecule has 3 amide bonds. The van der Waals surface area contributed by atoms with Crippen molar-refractivity contribution in [1.29, 1.82) is 0 Å². The number of carbonyl (C=O) groups is 3. The molecule has 8 heteroatoms. The van der Waals surface area contributed by atoms with Crippen molar-refractivity contribution in [2.45, 2.75) is 50.8 Å². The zero-order valence-corrected chi connectivity index (χ0v) is 18.8. The Morgan fingerprint density at radius 2 is 1.85 bits per heavy atom. The quantitative estimate of drug-likeness (QED) is 0.684. The van der Waals surface area contributed by atoms with Gasteiger partial charge in [-0.15, -0.1) is 0 Å². The van der Waals surface area contributed by atoms with Crippen molar-refractivity contribution < 1.29 is 23.5 Å². The first-order valence-corrected chi connectivity index (χ1v) is 11.5. The van der Waals surface area contributed by atoms with Crippen LogP contribution in [-0.2, 0) is 27.4 Å². The van der Waals surface area contributed by atoms with Crippen LogP contribution in [0.25, 0.3) is 0 Å². The number of amides is 3. The molecule has 1 saturated heterocycles. The highest BCUT2D eigenvalue weighted by Crippen LogP contribution is 2.25. The standard InChI is InChI=1S/C26H28FN3O4/c27-21-12-10-18(11-13-21)14-23-25(32)30(16-24(31)28-23)15-20-8-4-5-9-22(20)29-26(33)34-17-19-6-2-1-3-7-19/h1-3,6-7,10-13,15,22-23H,4-5,8-9,14,16-17H2,(H,28,31)(H,29,33)/b20-15-/t22-,23+/m1/s1. The van der Waals surface area contributed by atoms with Gasteiger partial charge >= 0.3 is 6.09 Å². The van der Waals surface area contributed by atoms with Crippen molar-refractivity contribution in [3.05, 3.63) is 83.3 Å². The van der Waals surface area contributed by atoms with Crippen LogP contribution in [0.15, 0.2) is 66.4 Å². The van der Waals surface area contributed by atoms with Crippen LogP contribution in [0.4, 0.5) is 9.18 Å². The summed E-state index contributed by atoms with van der Waals surface area (Å²) in [6, 6.07) is 14.3. The SMILES string of the molecule is O=C1CN(/C=C2/CCCC[C@H]2NC(=O)OCc2ccccc2)C(=O)[C@H](Cc2ccc(F)cc2)N1. The van der Waals surface area contributed by atoms with Gasteiger partial charge in [-0.05, 0) is 48.1 Å². The zero-order valence-electron chi connectivity index (χ0n) is 18.8. The van der Waals surface area contributed by atoms with Gasteiger partial charge in [-0.25, -0.2) is 9.18 Å². The minimum absolute atomic E-state index is 0.0760. The molecule has 178 valence electrons. The van der Waals surface area contributed by atoms with E-state index in [1.807, 2.05) is 30.3 Å². The molecule has 2 fully saturated rings. The zero-order chi connectivity index (χ0) is 23.9. The van der Waals surface area contributed by atoms with E-state index in [9.17, 15) is 18.8 Å². The van der Waals surface area contributed by atoms with Crippen LogP contribution in [0.5, 0.6) is 0 Å². The molecule has 2 aliphatic rings. The molecule has 1 saturated carbocycles. The van der Waals surface area contributed by atoms with Crippen molar-refractivity contribution in [2.24, 2.45) is 0 Å². The van der Waals surface area contributed by atoms with Crippen LogP contribution in [0, 0.1) is 5.82 Å². The van der Waals surface area contributed by atoms with E-state index in [1.165, 1.54) is 17.0 Å². The Kier molecular flexibility index (Phi) is 7.57. The lowest BCUT2D eigenvalue weighted by molar-refractivity contribution is -0.141. The summed E-state index contributed by atoms with van der Waals surface area (Å²) in [7, 11) is 0. The molecule has 2 aromatic rings. The molecule has 4 rings (SSSR count). The molecule has 0 bridgehead atoms. The predicted octanol–water partition coefficient (Wildman–Crippen LogP) is 3.45. The number of rotatable bonds is 6. The van der Waals surface area contributed by atoms with Gasteiger partial charge < -0.3 is 20.3 Å². The van der Waals surface area contributed by atoms with E-state index in [2.05, 4.69) is 10.6 Å². The molecule has 1 aliphatic heterocycles. The monoisotopic (exact) mass is 465 g/mol. The van der Waals surface area contributed by atoms with Gasteiger partial charge in [0.2, 0.25) is 11.8 Å². The maximum Gasteiger partial charge on any atom is 0.407 e. The molecular formula is C26H28FN3O4. The Bertz CT molecular complexity index is 1060. The van der Waals surface area contributed by atoms with Crippen LogP contribution in [-0.4, -0.2) is 41.4 Å². The molecule has 2 N–H and O–H groups in total. The number of carbonyl (C=O) groups excluding carboxylic acids is 3. The fourth-order valence-electron chi connectivity index (χ4n) is 4.30. The van der Waals surface area contributed by atoms with E-state index < -0.39 is 12.1 Å². The Balaban J connectivity index is 1.41. The summed E-state index contributed by atoms with van der Waals surface area (Å²) in [6.45, 7) is 0.0989. The lowest BCUT2D eigenvalue weighted by atomic mass is 9.90. The highest BCUT2D eigenvalue weighted by Gasteiger charge is 2.33. The van der Waals surface area contributed by atoms with E-state index in [1.54, 1.807) is 18.3 Å². The second kappa shape index (κ2) is 11.0. The highest BCUT2D eigenvalue weighted by molar-refractivity contribution is 5.95. The summed E-state index contributed by atoms with van der Waals surface area (Å²) < 4.78 is 18.5. The summed E-state index contributed by atoms with van der Waals surface area (Å²) in [6.07, 6.45) is 4.81. The number of benzene rings is 2. The van der Waals surface area contributed by atoms with Gasteiger partial charge in [-0.2, -0.15) is 0 Å². The minimum Gasteiger partial charge on any atom is -0.445 e. The van der Waals surface area contributed by atoms with E-state index in [0.717, 1.165) is 42.4 Å². The van der Waals surface area contributed by atoms with Crippen molar-refractivity contribution >= 4 is 17.9 Å². The number of hydrogen-bond donors (Lipinski definition) is 2. The van der Waals surface area contributed by atoms with Gasteiger partial charge in [0.25, 0.3) is 0 Å². The molecule has 2 aromatic carbocycles. The lowest BCUT2D eigenvalue weighted by Crippen LogP contribution is -2.57. The molecule has 2 atom stereocenters. The molecule has 0 unspecified atom stereocenters. The third kappa shape index (κ3) is 6.21. The van der Waals surface area contributed by atoms with Gasteiger partial charge in [0.1, 0.15) is 25.0 Å². The summed E-state index contributed by atoms with van der Waals surface area (Å²) in [5, 5.41) is 5.64.